The van der Waals surface area contributed by atoms with Crippen molar-refractivity contribution in [1.82, 2.24) is 5.32 Å². The minimum Gasteiger partial charge on any atom is -0.454 e. The fourth-order valence-corrected chi connectivity index (χ4v) is 2.46. The van der Waals surface area contributed by atoms with Gasteiger partial charge in [0, 0.05) is 12.2 Å². The van der Waals surface area contributed by atoms with E-state index in [2.05, 4.69) is 10.6 Å². The van der Waals surface area contributed by atoms with E-state index in [1.54, 1.807) is 12.1 Å². The molecule has 6 nitrogen and oxygen atoms in total. The molecule has 1 heterocycles. The van der Waals surface area contributed by atoms with Crippen molar-refractivity contribution in [1.29, 1.82) is 0 Å². The van der Waals surface area contributed by atoms with Crippen LogP contribution in [0, 0.1) is 0 Å². The Morgan fingerprint density at radius 2 is 1.78 bits per heavy atom. The fraction of sp³-hybridized carbons (Fsp3) is 0.222. The minimum absolute atomic E-state index is 0.110. The van der Waals surface area contributed by atoms with E-state index in [0.29, 0.717) is 17.9 Å². The van der Waals surface area contributed by atoms with E-state index in [-0.39, 0.29) is 19.0 Å². The summed E-state index contributed by atoms with van der Waals surface area (Å²) in [7, 11) is 0. The SMILES string of the molecule is O=C(NCCc1ccc2c(c1)OCO2)C(=O)Nc1cccc(C(F)(F)F)c1. The number of anilines is 1. The molecule has 0 saturated heterocycles. The van der Waals surface area contributed by atoms with Gasteiger partial charge in [-0.05, 0) is 42.3 Å². The fourth-order valence-electron chi connectivity index (χ4n) is 2.46. The summed E-state index contributed by atoms with van der Waals surface area (Å²) in [5.41, 5.74) is -0.151. The molecule has 2 amide bonds. The van der Waals surface area contributed by atoms with E-state index in [0.717, 1.165) is 23.8 Å². The number of benzene rings is 2. The number of hydrogen-bond acceptors (Lipinski definition) is 4. The highest BCUT2D eigenvalue weighted by molar-refractivity contribution is 6.39. The maximum atomic E-state index is 12.7. The van der Waals surface area contributed by atoms with Gasteiger partial charge in [0.2, 0.25) is 6.79 Å². The summed E-state index contributed by atoms with van der Waals surface area (Å²) < 4.78 is 48.4. The van der Waals surface area contributed by atoms with E-state index >= 15 is 0 Å². The maximum absolute atomic E-state index is 12.7. The lowest BCUT2D eigenvalue weighted by Gasteiger charge is -2.10. The number of nitrogens with one attached hydrogen (secondary N) is 2. The average molecular weight is 380 g/mol. The van der Waals surface area contributed by atoms with Gasteiger partial charge in [-0.3, -0.25) is 9.59 Å². The zero-order valence-corrected chi connectivity index (χ0v) is 13.9. The Morgan fingerprint density at radius 1 is 1.00 bits per heavy atom. The number of carbonyl (C=O) groups is 2. The first kappa shape index (κ1) is 18.6. The quantitative estimate of drug-likeness (QED) is 0.800. The van der Waals surface area contributed by atoms with Gasteiger partial charge >= 0.3 is 18.0 Å². The van der Waals surface area contributed by atoms with Crippen molar-refractivity contribution in [2.24, 2.45) is 0 Å². The van der Waals surface area contributed by atoms with Crippen LogP contribution < -0.4 is 20.1 Å². The topological polar surface area (TPSA) is 76.7 Å². The van der Waals surface area contributed by atoms with Crippen molar-refractivity contribution >= 4 is 17.5 Å². The largest absolute Gasteiger partial charge is 0.454 e. The Morgan fingerprint density at radius 3 is 2.56 bits per heavy atom. The van der Waals surface area contributed by atoms with Crippen LogP contribution in [0.1, 0.15) is 11.1 Å². The zero-order valence-electron chi connectivity index (χ0n) is 13.9. The second-order valence-electron chi connectivity index (χ2n) is 5.73. The first-order chi connectivity index (χ1) is 12.8. The molecule has 2 N–H and O–H groups in total. The first-order valence-electron chi connectivity index (χ1n) is 7.98. The number of halogens is 3. The van der Waals surface area contributed by atoms with Gasteiger partial charge in [-0.1, -0.05) is 12.1 Å². The molecule has 2 aromatic rings. The van der Waals surface area contributed by atoms with Crippen LogP contribution >= 0.6 is 0 Å². The molecule has 0 atom stereocenters. The predicted octanol–water partition coefficient (Wildman–Crippen LogP) is 2.73. The van der Waals surface area contributed by atoms with Crippen molar-refractivity contribution in [3.05, 3.63) is 53.6 Å². The molecule has 0 aromatic heterocycles. The van der Waals surface area contributed by atoms with Crippen LogP contribution in [0.3, 0.4) is 0 Å². The van der Waals surface area contributed by atoms with Crippen molar-refractivity contribution in [3.63, 3.8) is 0 Å². The Hall–Kier alpha value is -3.23. The number of amides is 2. The van der Waals surface area contributed by atoms with Gasteiger partial charge in [0.1, 0.15) is 0 Å². The number of fused-ring (bicyclic) bond motifs is 1. The maximum Gasteiger partial charge on any atom is 0.416 e. The van der Waals surface area contributed by atoms with Crippen molar-refractivity contribution in [3.8, 4) is 11.5 Å². The van der Waals surface area contributed by atoms with Gasteiger partial charge in [0.05, 0.1) is 5.56 Å². The Kier molecular flexibility index (Phi) is 5.20. The van der Waals surface area contributed by atoms with Crippen molar-refractivity contribution in [2.75, 3.05) is 18.7 Å². The summed E-state index contributed by atoms with van der Waals surface area (Å²) >= 11 is 0. The van der Waals surface area contributed by atoms with Gasteiger partial charge in [-0.25, -0.2) is 0 Å². The second-order valence-corrected chi connectivity index (χ2v) is 5.73. The van der Waals surface area contributed by atoms with Crippen LogP contribution in [0.4, 0.5) is 18.9 Å². The lowest BCUT2D eigenvalue weighted by Crippen LogP contribution is -2.36. The summed E-state index contributed by atoms with van der Waals surface area (Å²) in [6.45, 7) is 0.333. The van der Waals surface area contributed by atoms with E-state index in [9.17, 15) is 22.8 Å². The van der Waals surface area contributed by atoms with E-state index < -0.39 is 23.6 Å². The van der Waals surface area contributed by atoms with Crippen LogP contribution in [-0.2, 0) is 22.2 Å². The lowest BCUT2D eigenvalue weighted by molar-refractivity contribution is -0.137. The van der Waals surface area contributed by atoms with Crippen LogP contribution in [-0.4, -0.2) is 25.2 Å². The van der Waals surface area contributed by atoms with Crippen LogP contribution in [0.5, 0.6) is 11.5 Å². The molecule has 0 saturated carbocycles. The first-order valence-corrected chi connectivity index (χ1v) is 7.98. The number of rotatable bonds is 4. The molecule has 142 valence electrons. The molecular weight excluding hydrogens is 365 g/mol. The third-order valence-corrected chi connectivity index (χ3v) is 3.79. The summed E-state index contributed by atoms with van der Waals surface area (Å²) in [6.07, 6.45) is -4.09. The van der Waals surface area contributed by atoms with E-state index in [1.165, 1.54) is 6.07 Å². The smallest absolute Gasteiger partial charge is 0.416 e. The Bertz CT molecular complexity index is 868. The second kappa shape index (κ2) is 7.56. The molecule has 0 unspecified atom stereocenters. The van der Waals surface area contributed by atoms with Crippen LogP contribution in [0.15, 0.2) is 42.5 Å². The van der Waals surface area contributed by atoms with E-state index in [4.69, 9.17) is 9.47 Å². The molecule has 0 fully saturated rings. The third kappa shape index (κ3) is 4.69. The van der Waals surface area contributed by atoms with Gasteiger partial charge < -0.3 is 20.1 Å². The molecule has 0 spiro atoms. The normalized spacial score (nSPS) is 12.6. The Labute approximate surface area is 152 Å². The highest BCUT2D eigenvalue weighted by Gasteiger charge is 2.30. The van der Waals surface area contributed by atoms with Crippen molar-refractivity contribution < 1.29 is 32.2 Å². The summed E-state index contributed by atoms with van der Waals surface area (Å²) in [4.78, 5) is 23.6. The van der Waals surface area contributed by atoms with Crippen molar-refractivity contribution in [2.45, 2.75) is 12.6 Å². The molecular formula is C18H15F3N2O4. The summed E-state index contributed by atoms with van der Waals surface area (Å²) in [5.74, 6) is -0.725. The average Bonchev–Trinajstić information content (AvgIpc) is 3.09. The monoisotopic (exact) mass is 380 g/mol. The molecule has 2 aromatic carbocycles. The minimum atomic E-state index is -4.53. The van der Waals surface area contributed by atoms with Crippen LogP contribution in [0.25, 0.3) is 0 Å². The lowest BCUT2D eigenvalue weighted by atomic mass is 10.1. The molecule has 3 rings (SSSR count). The molecule has 27 heavy (non-hydrogen) atoms. The molecule has 0 bridgehead atoms. The predicted molar refractivity (Wildman–Crippen MR) is 89.4 cm³/mol. The van der Waals surface area contributed by atoms with E-state index in [1.807, 2.05) is 6.07 Å². The highest BCUT2D eigenvalue weighted by Crippen LogP contribution is 2.32. The standard InChI is InChI=1S/C18H15F3N2O4/c19-18(20,21)12-2-1-3-13(9-12)23-17(25)16(24)22-7-6-11-4-5-14-15(8-11)27-10-26-14/h1-5,8-9H,6-7,10H2,(H,22,24)(H,23,25). The van der Waals surface area contributed by atoms with Crippen LogP contribution in [0.2, 0.25) is 0 Å². The molecule has 1 aliphatic rings. The number of hydrogen-bond donors (Lipinski definition) is 2. The van der Waals surface area contributed by atoms with Gasteiger partial charge in [0.25, 0.3) is 0 Å². The molecule has 0 aliphatic carbocycles. The van der Waals surface area contributed by atoms with Gasteiger partial charge in [0.15, 0.2) is 11.5 Å². The Balaban J connectivity index is 1.50. The third-order valence-electron chi connectivity index (χ3n) is 3.79. The summed E-state index contributed by atoms with van der Waals surface area (Å²) in [5, 5.41) is 4.57. The molecule has 1 aliphatic heterocycles. The molecule has 0 radical (unpaired) electrons. The number of ether oxygens (including phenoxy) is 2. The van der Waals surface area contributed by atoms with Gasteiger partial charge in [-0.15, -0.1) is 0 Å². The summed E-state index contributed by atoms with van der Waals surface area (Å²) in [6, 6.07) is 9.39. The zero-order chi connectivity index (χ0) is 19.4. The highest BCUT2D eigenvalue weighted by atomic mass is 19.4. The molecule has 9 heteroatoms. The van der Waals surface area contributed by atoms with Gasteiger partial charge in [-0.2, -0.15) is 13.2 Å². The number of carbonyl (C=O) groups excluding carboxylic acids is 2. The number of alkyl halides is 3.